The predicted molar refractivity (Wildman–Crippen MR) is 111 cm³/mol. The summed E-state index contributed by atoms with van der Waals surface area (Å²) < 4.78 is 11.1. The lowest BCUT2D eigenvalue weighted by Gasteiger charge is -2.14. The number of benzene rings is 2. The molecular formula is C21H25N5O3. The third kappa shape index (κ3) is 5.11. The van der Waals surface area contributed by atoms with Gasteiger partial charge in [0.25, 0.3) is 5.91 Å². The van der Waals surface area contributed by atoms with Crippen LogP contribution >= 0.6 is 0 Å². The fraction of sp³-hybridized carbons (Fsp3) is 0.286. The molecule has 0 radical (unpaired) electrons. The Morgan fingerprint density at radius 1 is 1.10 bits per heavy atom. The van der Waals surface area contributed by atoms with Gasteiger partial charge >= 0.3 is 0 Å². The summed E-state index contributed by atoms with van der Waals surface area (Å²) in [7, 11) is 5.53. The van der Waals surface area contributed by atoms with E-state index >= 15 is 0 Å². The summed E-state index contributed by atoms with van der Waals surface area (Å²) in [4.78, 5) is 16.2. The Hall–Kier alpha value is -3.39. The summed E-state index contributed by atoms with van der Waals surface area (Å²) in [5.74, 6) is 0.832. The number of para-hydroxylation sites is 1. The number of methoxy groups -OCH3 is 1. The smallest absolute Gasteiger partial charge is 0.278 e. The quantitative estimate of drug-likeness (QED) is 0.632. The van der Waals surface area contributed by atoms with Crippen LogP contribution in [0.2, 0.25) is 0 Å². The lowest BCUT2D eigenvalue weighted by atomic mass is 10.2. The molecule has 2 aromatic carbocycles. The highest BCUT2D eigenvalue weighted by Gasteiger charge is 2.17. The molecule has 1 N–H and O–H groups in total. The molecule has 0 spiro atoms. The standard InChI is InChI=1S/C21H25N5O3/c1-15-20(24-26(23-15)17-8-6-5-7-9-17)21(27)22-16-10-11-18(28-4)19(14-16)29-13-12-25(2)3/h5-11,14H,12-13H2,1-4H3,(H,22,27). The fourth-order valence-corrected chi connectivity index (χ4v) is 2.66. The van der Waals surface area contributed by atoms with E-state index in [0.29, 0.717) is 29.5 Å². The maximum atomic E-state index is 12.7. The minimum Gasteiger partial charge on any atom is -0.493 e. The molecular weight excluding hydrogens is 370 g/mol. The van der Waals surface area contributed by atoms with E-state index in [0.717, 1.165) is 12.2 Å². The second-order valence-corrected chi connectivity index (χ2v) is 6.73. The molecule has 0 atom stereocenters. The van der Waals surface area contributed by atoms with Crippen LogP contribution in [-0.4, -0.2) is 60.2 Å². The van der Waals surface area contributed by atoms with Crippen molar-refractivity contribution in [1.29, 1.82) is 0 Å². The molecule has 8 heteroatoms. The number of ether oxygens (including phenoxy) is 2. The van der Waals surface area contributed by atoms with Crippen LogP contribution in [0.3, 0.4) is 0 Å². The van der Waals surface area contributed by atoms with E-state index in [4.69, 9.17) is 9.47 Å². The SMILES string of the molecule is COc1ccc(NC(=O)c2nn(-c3ccccc3)nc2C)cc1OCCN(C)C. The summed E-state index contributed by atoms with van der Waals surface area (Å²) in [6, 6.07) is 14.7. The first-order chi connectivity index (χ1) is 14.0. The Kier molecular flexibility index (Phi) is 6.46. The zero-order valence-electron chi connectivity index (χ0n) is 17.0. The molecule has 0 aliphatic rings. The van der Waals surface area contributed by atoms with E-state index in [-0.39, 0.29) is 11.6 Å². The first kappa shape index (κ1) is 20.3. The van der Waals surface area contributed by atoms with E-state index in [1.165, 1.54) is 4.80 Å². The molecule has 1 aromatic heterocycles. The third-order valence-corrected chi connectivity index (χ3v) is 4.20. The van der Waals surface area contributed by atoms with Crippen LogP contribution in [0.4, 0.5) is 5.69 Å². The van der Waals surface area contributed by atoms with Crippen LogP contribution < -0.4 is 14.8 Å². The normalized spacial score (nSPS) is 10.8. The van der Waals surface area contributed by atoms with Crippen LogP contribution in [0.5, 0.6) is 11.5 Å². The van der Waals surface area contributed by atoms with E-state index in [1.807, 2.05) is 49.3 Å². The number of hydrogen-bond acceptors (Lipinski definition) is 6. The topological polar surface area (TPSA) is 81.5 Å². The van der Waals surface area contributed by atoms with E-state index < -0.39 is 0 Å². The number of rotatable bonds is 8. The van der Waals surface area contributed by atoms with E-state index in [1.54, 1.807) is 32.2 Å². The Labute approximate surface area is 170 Å². The Morgan fingerprint density at radius 2 is 1.86 bits per heavy atom. The van der Waals surface area contributed by atoms with Crippen LogP contribution in [0.25, 0.3) is 5.69 Å². The van der Waals surface area contributed by atoms with Gasteiger partial charge in [0.2, 0.25) is 0 Å². The highest BCUT2D eigenvalue weighted by Crippen LogP contribution is 2.30. The van der Waals surface area contributed by atoms with Crippen molar-refractivity contribution in [3.05, 3.63) is 59.9 Å². The molecule has 152 valence electrons. The van der Waals surface area contributed by atoms with E-state index in [9.17, 15) is 4.79 Å². The Balaban J connectivity index is 1.76. The second-order valence-electron chi connectivity index (χ2n) is 6.73. The number of nitrogens with one attached hydrogen (secondary N) is 1. The molecule has 1 amide bonds. The maximum absolute atomic E-state index is 12.7. The average Bonchev–Trinajstić information content (AvgIpc) is 3.10. The van der Waals surface area contributed by atoms with Crippen molar-refractivity contribution in [2.45, 2.75) is 6.92 Å². The van der Waals surface area contributed by atoms with Gasteiger partial charge < -0.3 is 19.7 Å². The number of anilines is 1. The van der Waals surface area contributed by atoms with Crippen molar-refractivity contribution in [1.82, 2.24) is 19.9 Å². The Morgan fingerprint density at radius 3 is 2.55 bits per heavy atom. The van der Waals surface area contributed by atoms with Crippen LogP contribution in [-0.2, 0) is 0 Å². The summed E-state index contributed by atoms with van der Waals surface area (Å²) >= 11 is 0. The average molecular weight is 395 g/mol. The zero-order chi connectivity index (χ0) is 20.8. The summed E-state index contributed by atoms with van der Waals surface area (Å²) in [5.41, 5.74) is 2.18. The molecule has 3 rings (SSSR count). The predicted octanol–water partition coefficient (Wildman–Crippen LogP) is 2.78. The van der Waals surface area contributed by atoms with Gasteiger partial charge in [0, 0.05) is 18.3 Å². The number of amides is 1. The van der Waals surface area contributed by atoms with Crippen LogP contribution in [0.15, 0.2) is 48.5 Å². The number of hydrogen-bond donors (Lipinski definition) is 1. The molecule has 0 saturated carbocycles. The minimum atomic E-state index is -0.339. The van der Waals surface area contributed by atoms with Gasteiger partial charge in [-0.15, -0.1) is 5.10 Å². The second kappa shape index (κ2) is 9.20. The van der Waals surface area contributed by atoms with Crippen molar-refractivity contribution < 1.29 is 14.3 Å². The zero-order valence-corrected chi connectivity index (χ0v) is 17.0. The van der Waals surface area contributed by atoms with Gasteiger partial charge in [0.1, 0.15) is 6.61 Å². The molecule has 0 aliphatic heterocycles. The first-order valence-electron chi connectivity index (χ1n) is 9.24. The first-order valence-corrected chi connectivity index (χ1v) is 9.24. The van der Waals surface area contributed by atoms with Gasteiger partial charge in [0.15, 0.2) is 17.2 Å². The molecule has 8 nitrogen and oxygen atoms in total. The molecule has 29 heavy (non-hydrogen) atoms. The maximum Gasteiger partial charge on any atom is 0.278 e. The van der Waals surface area contributed by atoms with Gasteiger partial charge in [-0.25, -0.2) is 0 Å². The third-order valence-electron chi connectivity index (χ3n) is 4.20. The molecule has 0 unspecified atom stereocenters. The number of aryl methyl sites for hydroxylation is 1. The van der Waals surface area contributed by atoms with E-state index in [2.05, 4.69) is 15.5 Å². The van der Waals surface area contributed by atoms with Crippen molar-refractivity contribution in [2.75, 3.05) is 39.7 Å². The van der Waals surface area contributed by atoms with Crippen molar-refractivity contribution in [3.8, 4) is 17.2 Å². The molecule has 0 aliphatic carbocycles. The summed E-state index contributed by atoms with van der Waals surface area (Å²) in [6.07, 6.45) is 0. The number of carbonyl (C=O) groups is 1. The molecule has 1 heterocycles. The molecule has 0 bridgehead atoms. The largest absolute Gasteiger partial charge is 0.493 e. The van der Waals surface area contributed by atoms with Crippen molar-refractivity contribution in [2.24, 2.45) is 0 Å². The van der Waals surface area contributed by atoms with Crippen molar-refractivity contribution >= 4 is 11.6 Å². The lowest BCUT2D eigenvalue weighted by molar-refractivity contribution is 0.102. The van der Waals surface area contributed by atoms with Gasteiger partial charge in [0.05, 0.1) is 18.5 Å². The number of nitrogens with zero attached hydrogens (tertiary/aromatic N) is 4. The molecule has 0 fully saturated rings. The van der Waals surface area contributed by atoms with Crippen molar-refractivity contribution in [3.63, 3.8) is 0 Å². The van der Waals surface area contributed by atoms with Gasteiger partial charge in [-0.2, -0.15) is 9.90 Å². The highest BCUT2D eigenvalue weighted by molar-refractivity contribution is 6.03. The number of aromatic nitrogens is 3. The molecule has 3 aromatic rings. The van der Waals surface area contributed by atoms with Crippen LogP contribution in [0, 0.1) is 6.92 Å². The van der Waals surface area contributed by atoms with Crippen LogP contribution in [0.1, 0.15) is 16.2 Å². The highest BCUT2D eigenvalue weighted by atomic mass is 16.5. The fourth-order valence-electron chi connectivity index (χ4n) is 2.66. The summed E-state index contributed by atoms with van der Waals surface area (Å²) in [5, 5.41) is 11.5. The minimum absolute atomic E-state index is 0.264. The van der Waals surface area contributed by atoms with Gasteiger partial charge in [-0.1, -0.05) is 18.2 Å². The summed E-state index contributed by atoms with van der Waals surface area (Å²) in [6.45, 7) is 3.03. The van der Waals surface area contributed by atoms with Gasteiger partial charge in [-0.05, 0) is 45.3 Å². The monoisotopic (exact) mass is 395 g/mol. The molecule has 0 saturated heterocycles. The number of carbonyl (C=O) groups excluding carboxylic acids is 1. The number of likely N-dealkylation sites (N-methyl/N-ethyl adjacent to an activating group) is 1. The Bertz CT molecular complexity index is 970. The lowest BCUT2D eigenvalue weighted by Crippen LogP contribution is -2.19. The van der Waals surface area contributed by atoms with Gasteiger partial charge in [-0.3, -0.25) is 4.79 Å².